The molecule has 0 spiro atoms. The van der Waals surface area contributed by atoms with E-state index in [9.17, 15) is 0 Å². The van der Waals surface area contributed by atoms with Gasteiger partial charge >= 0.3 is 0 Å². The molecule has 0 fully saturated rings. The van der Waals surface area contributed by atoms with E-state index in [1.54, 1.807) is 0 Å². The largest absolute Gasteiger partial charge is 0.486 e. The summed E-state index contributed by atoms with van der Waals surface area (Å²) in [5, 5.41) is 3.59. The monoisotopic (exact) mass is 273 g/mol. The van der Waals surface area contributed by atoms with Crippen molar-refractivity contribution in [3.05, 3.63) is 23.8 Å². The van der Waals surface area contributed by atoms with Crippen LogP contribution in [-0.2, 0) is 0 Å². The standard InChI is InChI=1S/C17H23NO2/c1-3-5-6-7-15(18-10-4-2)14-8-9-16-17(13-14)20-12-11-19-16/h8-9,13,15,18H,4,6-7,10-12H2,1-2H3. The molecule has 1 unspecified atom stereocenters. The van der Waals surface area contributed by atoms with E-state index in [0.717, 1.165) is 37.3 Å². The van der Waals surface area contributed by atoms with Gasteiger partial charge in [0.1, 0.15) is 13.2 Å². The van der Waals surface area contributed by atoms with Crippen LogP contribution in [0.4, 0.5) is 0 Å². The number of nitrogens with one attached hydrogen (secondary N) is 1. The van der Waals surface area contributed by atoms with Crippen molar-refractivity contribution in [1.82, 2.24) is 5.32 Å². The van der Waals surface area contributed by atoms with E-state index in [-0.39, 0.29) is 0 Å². The average molecular weight is 273 g/mol. The molecule has 0 aromatic heterocycles. The smallest absolute Gasteiger partial charge is 0.161 e. The van der Waals surface area contributed by atoms with Crippen molar-refractivity contribution in [3.63, 3.8) is 0 Å². The highest BCUT2D eigenvalue weighted by Gasteiger charge is 2.16. The van der Waals surface area contributed by atoms with E-state index in [4.69, 9.17) is 9.47 Å². The molecule has 1 aromatic rings. The van der Waals surface area contributed by atoms with Crippen LogP contribution in [0.5, 0.6) is 11.5 Å². The van der Waals surface area contributed by atoms with Crippen molar-refractivity contribution in [1.29, 1.82) is 0 Å². The SMILES string of the molecule is CC#CCCC(NCCC)c1ccc2c(c1)OCCO2. The zero-order valence-corrected chi connectivity index (χ0v) is 12.4. The van der Waals surface area contributed by atoms with Crippen molar-refractivity contribution in [2.45, 2.75) is 39.2 Å². The first-order valence-corrected chi connectivity index (χ1v) is 7.37. The summed E-state index contributed by atoms with van der Waals surface area (Å²) in [5.74, 6) is 7.81. The molecular formula is C17H23NO2. The second-order valence-electron chi connectivity index (χ2n) is 4.88. The van der Waals surface area contributed by atoms with Gasteiger partial charge in [-0.05, 0) is 44.0 Å². The van der Waals surface area contributed by atoms with Crippen LogP contribution in [-0.4, -0.2) is 19.8 Å². The molecular weight excluding hydrogens is 250 g/mol. The van der Waals surface area contributed by atoms with E-state index in [2.05, 4.69) is 36.2 Å². The maximum Gasteiger partial charge on any atom is 0.161 e. The van der Waals surface area contributed by atoms with Gasteiger partial charge < -0.3 is 14.8 Å². The first kappa shape index (κ1) is 14.7. The third kappa shape index (κ3) is 3.91. The fraction of sp³-hybridized carbons (Fsp3) is 0.529. The summed E-state index contributed by atoms with van der Waals surface area (Å²) in [6, 6.07) is 6.56. The highest BCUT2D eigenvalue weighted by Crippen LogP contribution is 2.33. The highest BCUT2D eigenvalue weighted by molar-refractivity contribution is 5.44. The lowest BCUT2D eigenvalue weighted by Crippen LogP contribution is -2.22. The summed E-state index contributed by atoms with van der Waals surface area (Å²) in [7, 11) is 0. The number of ether oxygens (including phenoxy) is 2. The van der Waals surface area contributed by atoms with Gasteiger partial charge in [0.2, 0.25) is 0 Å². The fourth-order valence-corrected chi connectivity index (χ4v) is 2.32. The number of benzene rings is 1. The molecule has 108 valence electrons. The molecule has 1 aliphatic rings. The van der Waals surface area contributed by atoms with Gasteiger partial charge in [0.25, 0.3) is 0 Å². The summed E-state index contributed by atoms with van der Waals surface area (Å²) in [6.07, 6.45) is 3.05. The molecule has 2 rings (SSSR count). The molecule has 0 bridgehead atoms. The first-order valence-electron chi connectivity index (χ1n) is 7.37. The van der Waals surface area contributed by atoms with E-state index in [0.29, 0.717) is 19.3 Å². The summed E-state index contributed by atoms with van der Waals surface area (Å²) < 4.78 is 11.2. The van der Waals surface area contributed by atoms with Crippen LogP contribution in [0.3, 0.4) is 0 Å². The molecule has 0 saturated carbocycles. The third-order valence-electron chi connectivity index (χ3n) is 3.34. The molecule has 1 aliphatic heterocycles. The van der Waals surface area contributed by atoms with Gasteiger partial charge in [-0.1, -0.05) is 13.0 Å². The molecule has 1 N–H and O–H groups in total. The molecule has 0 aliphatic carbocycles. The van der Waals surface area contributed by atoms with E-state index >= 15 is 0 Å². The van der Waals surface area contributed by atoms with Crippen LogP contribution >= 0.6 is 0 Å². The number of hydrogen-bond donors (Lipinski definition) is 1. The molecule has 0 amide bonds. The molecule has 3 nitrogen and oxygen atoms in total. The van der Waals surface area contributed by atoms with E-state index in [1.807, 2.05) is 13.0 Å². The van der Waals surface area contributed by atoms with Crippen molar-refractivity contribution in [2.75, 3.05) is 19.8 Å². The lowest BCUT2D eigenvalue weighted by atomic mass is 10.0. The minimum atomic E-state index is 0.326. The van der Waals surface area contributed by atoms with Gasteiger partial charge in [-0.25, -0.2) is 0 Å². The van der Waals surface area contributed by atoms with Gasteiger partial charge in [0, 0.05) is 12.5 Å². The molecule has 1 atom stereocenters. The van der Waals surface area contributed by atoms with Gasteiger partial charge in [-0.2, -0.15) is 0 Å². The van der Waals surface area contributed by atoms with Crippen LogP contribution in [0.25, 0.3) is 0 Å². The van der Waals surface area contributed by atoms with Gasteiger partial charge in [-0.3, -0.25) is 0 Å². The fourth-order valence-electron chi connectivity index (χ4n) is 2.32. The topological polar surface area (TPSA) is 30.5 Å². The van der Waals surface area contributed by atoms with Gasteiger partial charge in [0.05, 0.1) is 0 Å². The van der Waals surface area contributed by atoms with Crippen molar-refractivity contribution < 1.29 is 9.47 Å². The van der Waals surface area contributed by atoms with Crippen molar-refractivity contribution >= 4 is 0 Å². The van der Waals surface area contributed by atoms with Crippen LogP contribution in [0.15, 0.2) is 18.2 Å². The summed E-state index contributed by atoms with van der Waals surface area (Å²) in [6.45, 7) is 6.34. The summed E-state index contributed by atoms with van der Waals surface area (Å²) in [5.41, 5.74) is 1.25. The number of hydrogen-bond acceptors (Lipinski definition) is 3. The Hall–Kier alpha value is -1.66. The minimum Gasteiger partial charge on any atom is -0.486 e. The predicted octanol–water partition coefficient (Wildman–Crippen LogP) is 3.30. The van der Waals surface area contributed by atoms with Crippen LogP contribution in [0, 0.1) is 11.8 Å². The predicted molar refractivity (Wildman–Crippen MR) is 81.2 cm³/mol. The van der Waals surface area contributed by atoms with Gasteiger partial charge in [-0.15, -0.1) is 11.8 Å². The summed E-state index contributed by atoms with van der Waals surface area (Å²) in [4.78, 5) is 0. The first-order chi connectivity index (χ1) is 9.85. The van der Waals surface area contributed by atoms with Crippen LogP contribution < -0.4 is 14.8 Å². The number of rotatable bonds is 6. The van der Waals surface area contributed by atoms with Gasteiger partial charge in [0.15, 0.2) is 11.5 Å². The zero-order valence-electron chi connectivity index (χ0n) is 12.4. The lowest BCUT2D eigenvalue weighted by Gasteiger charge is -2.22. The van der Waals surface area contributed by atoms with E-state index in [1.165, 1.54) is 5.56 Å². The molecule has 3 heteroatoms. The Morgan fingerprint density at radius 2 is 2.05 bits per heavy atom. The maximum absolute atomic E-state index is 5.66. The zero-order chi connectivity index (χ0) is 14.2. The Morgan fingerprint density at radius 1 is 1.25 bits per heavy atom. The Kier molecular flexibility index (Phi) is 5.76. The highest BCUT2D eigenvalue weighted by atomic mass is 16.6. The molecule has 0 radical (unpaired) electrons. The van der Waals surface area contributed by atoms with Crippen molar-refractivity contribution in [2.24, 2.45) is 0 Å². The second-order valence-corrected chi connectivity index (χ2v) is 4.88. The Labute approximate surface area is 121 Å². The Morgan fingerprint density at radius 3 is 2.80 bits per heavy atom. The lowest BCUT2D eigenvalue weighted by molar-refractivity contribution is 0.171. The minimum absolute atomic E-state index is 0.326. The summed E-state index contributed by atoms with van der Waals surface area (Å²) >= 11 is 0. The third-order valence-corrected chi connectivity index (χ3v) is 3.34. The second kappa shape index (κ2) is 7.81. The normalized spacial score (nSPS) is 14.3. The van der Waals surface area contributed by atoms with Crippen LogP contribution in [0.2, 0.25) is 0 Å². The quantitative estimate of drug-likeness (QED) is 0.807. The van der Waals surface area contributed by atoms with E-state index < -0.39 is 0 Å². The molecule has 1 aromatic carbocycles. The molecule has 20 heavy (non-hydrogen) atoms. The maximum atomic E-state index is 5.66. The Bertz CT molecular complexity index is 487. The number of fused-ring (bicyclic) bond motifs is 1. The van der Waals surface area contributed by atoms with Crippen LogP contribution in [0.1, 0.15) is 44.7 Å². The molecule has 1 heterocycles. The van der Waals surface area contributed by atoms with Crippen molar-refractivity contribution in [3.8, 4) is 23.3 Å². The Balaban J connectivity index is 2.11. The average Bonchev–Trinajstić information content (AvgIpc) is 2.50. The molecule has 0 saturated heterocycles.